The van der Waals surface area contributed by atoms with Crippen LogP contribution in [-0.4, -0.2) is 71.1 Å². The van der Waals surface area contributed by atoms with Gasteiger partial charge in [0.1, 0.15) is 23.4 Å². The highest BCUT2D eigenvalue weighted by Crippen LogP contribution is 2.38. The van der Waals surface area contributed by atoms with Crippen molar-refractivity contribution >= 4 is 46.0 Å². The summed E-state index contributed by atoms with van der Waals surface area (Å²) in [6, 6.07) is 17.7. The van der Waals surface area contributed by atoms with Crippen LogP contribution in [0.15, 0.2) is 84.1 Å². The Morgan fingerprint density at radius 2 is 1.98 bits per heavy atom. The third kappa shape index (κ3) is 6.40. The largest absolute Gasteiger partial charge is 0.459 e. The van der Waals surface area contributed by atoms with E-state index in [0.717, 1.165) is 29.5 Å². The molecule has 2 aliphatic rings. The van der Waals surface area contributed by atoms with Crippen molar-refractivity contribution in [2.45, 2.75) is 37.8 Å². The molecule has 1 fully saturated rings. The van der Waals surface area contributed by atoms with Crippen molar-refractivity contribution in [3.8, 4) is 0 Å². The second kappa shape index (κ2) is 13.4. The summed E-state index contributed by atoms with van der Waals surface area (Å²) < 4.78 is 6.08. The molecule has 2 atom stereocenters. The average Bonchev–Trinajstić information content (AvgIpc) is 3.60. The van der Waals surface area contributed by atoms with Crippen LogP contribution in [0, 0.1) is 0 Å². The summed E-state index contributed by atoms with van der Waals surface area (Å²) >= 11 is 0. The molecule has 236 valence electrons. The lowest BCUT2D eigenvalue weighted by Crippen LogP contribution is -2.52. The molecule has 2 unspecified atom stereocenters. The summed E-state index contributed by atoms with van der Waals surface area (Å²) in [4.78, 5) is 58.4. The van der Waals surface area contributed by atoms with Gasteiger partial charge in [-0.05, 0) is 50.7 Å². The Morgan fingerprint density at radius 1 is 1.13 bits per heavy atom. The van der Waals surface area contributed by atoms with E-state index in [1.807, 2.05) is 67.7 Å². The Labute approximate surface area is 266 Å². The fraction of sp³-hybridized carbons (Fsp3) is 0.286. The van der Waals surface area contributed by atoms with Crippen LogP contribution < -0.4 is 16.0 Å². The van der Waals surface area contributed by atoms with Gasteiger partial charge in [-0.3, -0.25) is 34.4 Å². The van der Waals surface area contributed by atoms with Gasteiger partial charge in [-0.1, -0.05) is 43.0 Å². The molecule has 11 heteroatoms. The van der Waals surface area contributed by atoms with Crippen LogP contribution >= 0.6 is 0 Å². The number of hydrogen-bond acceptors (Lipinski definition) is 8. The summed E-state index contributed by atoms with van der Waals surface area (Å²) in [6.07, 6.45) is 4.94. The average molecular weight is 621 g/mol. The third-order valence-corrected chi connectivity index (χ3v) is 8.43. The van der Waals surface area contributed by atoms with Gasteiger partial charge in [0.2, 0.25) is 17.7 Å². The Bertz CT molecular complexity index is 1770. The smallest absolute Gasteiger partial charge is 0.261 e. The predicted octanol–water partition coefficient (Wildman–Crippen LogP) is 4.09. The minimum Gasteiger partial charge on any atom is -0.459 e. The molecule has 2 aromatic heterocycles. The second-order valence-electron chi connectivity index (χ2n) is 11.6. The number of rotatable bonds is 12. The first-order valence-electron chi connectivity index (χ1n) is 15.4. The number of piperidine rings is 1. The van der Waals surface area contributed by atoms with Crippen LogP contribution in [0.4, 0.5) is 5.69 Å². The number of imide groups is 1. The highest BCUT2D eigenvalue weighted by Gasteiger charge is 2.42. The van der Waals surface area contributed by atoms with E-state index >= 15 is 0 Å². The summed E-state index contributed by atoms with van der Waals surface area (Å²) in [6.45, 7) is 5.97. The van der Waals surface area contributed by atoms with Crippen LogP contribution in [0.1, 0.15) is 59.0 Å². The molecule has 0 aliphatic carbocycles. The van der Waals surface area contributed by atoms with Gasteiger partial charge in [-0.15, -0.1) is 0 Å². The summed E-state index contributed by atoms with van der Waals surface area (Å²) in [5, 5.41) is 9.78. The molecular weight excluding hydrogens is 584 g/mol. The lowest BCUT2D eigenvalue weighted by molar-refractivity contribution is -0.136. The van der Waals surface area contributed by atoms with Gasteiger partial charge >= 0.3 is 0 Å². The maximum absolute atomic E-state index is 13.5. The summed E-state index contributed by atoms with van der Waals surface area (Å²) in [7, 11) is 1.97. The highest BCUT2D eigenvalue weighted by atomic mass is 16.3. The van der Waals surface area contributed by atoms with Crippen LogP contribution in [0.25, 0.3) is 16.7 Å². The monoisotopic (exact) mass is 620 g/mol. The number of carbonyl (C=O) groups excluding carboxylic acids is 4. The number of para-hydroxylation sites is 1. The molecule has 46 heavy (non-hydrogen) atoms. The van der Waals surface area contributed by atoms with E-state index in [1.165, 1.54) is 4.90 Å². The molecule has 4 heterocycles. The first-order valence-corrected chi connectivity index (χ1v) is 15.4. The first kappa shape index (κ1) is 30.7. The molecular formula is C35H36N6O5. The number of anilines is 1. The topological polar surface area (TPSA) is 137 Å². The standard InChI is InChI=1S/C35H36N6O5/c1-22-25-10-5-11-26(32(25)35(45)41(22)27-13-14-30(42)39-34(27)44)37-17-7-18-40(2)19-15-31(43)38-33(24-9-6-16-36-21-24)29-20-23-8-3-4-12-28(23)46-29/h3-6,8-12,16,20-21,27,33,37H,1,7,13-15,17-19H2,2H3,(H,38,43)(H,39,42,44). The number of aromatic nitrogens is 1. The molecule has 4 aromatic rings. The van der Waals surface area contributed by atoms with E-state index in [4.69, 9.17) is 4.42 Å². The second-order valence-corrected chi connectivity index (χ2v) is 11.6. The Kier molecular flexibility index (Phi) is 8.93. The minimum atomic E-state index is -0.762. The molecule has 2 aromatic carbocycles. The quantitative estimate of drug-likeness (QED) is 0.159. The maximum atomic E-state index is 13.5. The fourth-order valence-corrected chi connectivity index (χ4v) is 6.02. The van der Waals surface area contributed by atoms with Gasteiger partial charge in [-0.2, -0.15) is 0 Å². The van der Waals surface area contributed by atoms with Gasteiger partial charge in [0.15, 0.2) is 0 Å². The lowest BCUT2D eigenvalue weighted by atomic mass is 10.0. The number of amides is 4. The molecule has 0 saturated carbocycles. The molecule has 0 radical (unpaired) electrons. The molecule has 2 aliphatic heterocycles. The number of carbonyl (C=O) groups is 4. The molecule has 1 saturated heterocycles. The van der Waals surface area contributed by atoms with E-state index in [2.05, 4.69) is 32.4 Å². The number of furan rings is 1. The predicted molar refractivity (Wildman–Crippen MR) is 173 cm³/mol. The number of benzene rings is 2. The van der Waals surface area contributed by atoms with Crippen molar-refractivity contribution in [3.05, 3.63) is 102 Å². The van der Waals surface area contributed by atoms with Crippen molar-refractivity contribution in [1.29, 1.82) is 0 Å². The van der Waals surface area contributed by atoms with E-state index in [9.17, 15) is 19.2 Å². The van der Waals surface area contributed by atoms with Crippen molar-refractivity contribution in [1.82, 2.24) is 25.4 Å². The first-order chi connectivity index (χ1) is 22.3. The number of hydrogen-bond donors (Lipinski definition) is 3. The molecule has 0 spiro atoms. The Hall–Kier alpha value is -5.29. The van der Waals surface area contributed by atoms with Crippen molar-refractivity contribution < 1.29 is 23.6 Å². The van der Waals surface area contributed by atoms with E-state index in [0.29, 0.717) is 47.8 Å². The van der Waals surface area contributed by atoms with Gasteiger partial charge in [-0.25, -0.2) is 0 Å². The molecule has 4 amide bonds. The summed E-state index contributed by atoms with van der Waals surface area (Å²) in [5.74, 6) is -0.560. The van der Waals surface area contributed by atoms with E-state index in [-0.39, 0.29) is 30.6 Å². The van der Waals surface area contributed by atoms with Crippen molar-refractivity contribution in [2.24, 2.45) is 0 Å². The van der Waals surface area contributed by atoms with Gasteiger partial charge < -0.3 is 20.0 Å². The van der Waals surface area contributed by atoms with Crippen LogP contribution in [0.3, 0.4) is 0 Å². The maximum Gasteiger partial charge on any atom is 0.261 e. The van der Waals surface area contributed by atoms with E-state index in [1.54, 1.807) is 12.4 Å². The highest BCUT2D eigenvalue weighted by molar-refractivity contribution is 6.15. The number of nitrogens with zero attached hydrogens (tertiary/aromatic N) is 3. The zero-order valence-corrected chi connectivity index (χ0v) is 25.6. The fourth-order valence-electron chi connectivity index (χ4n) is 6.02. The van der Waals surface area contributed by atoms with Crippen molar-refractivity contribution in [2.75, 3.05) is 32.0 Å². The molecule has 6 rings (SSSR count). The molecule has 3 N–H and O–H groups in total. The van der Waals surface area contributed by atoms with E-state index < -0.39 is 18.0 Å². The zero-order valence-electron chi connectivity index (χ0n) is 25.6. The number of pyridine rings is 1. The van der Waals surface area contributed by atoms with Gasteiger partial charge in [0, 0.05) is 66.2 Å². The number of fused-ring (bicyclic) bond motifs is 2. The summed E-state index contributed by atoms with van der Waals surface area (Å²) in [5.41, 5.74) is 3.89. The van der Waals surface area contributed by atoms with Crippen molar-refractivity contribution in [3.63, 3.8) is 0 Å². The molecule has 0 bridgehead atoms. The SMILES string of the molecule is C=C1c2cccc(NCCCN(C)CCC(=O)NC(c3cccnc3)c3cc4ccccc4o3)c2C(=O)N1C1CCC(=O)NC1=O. The van der Waals surface area contributed by atoms with Crippen LogP contribution in [-0.2, 0) is 14.4 Å². The lowest BCUT2D eigenvalue weighted by Gasteiger charge is -2.30. The Morgan fingerprint density at radius 3 is 2.76 bits per heavy atom. The third-order valence-electron chi connectivity index (χ3n) is 8.43. The minimum absolute atomic E-state index is 0.0987. The normalized spacial score (nSPS) is 16.9. The molecule has 11 nitrogen and oxygen atoms in total. The number of nitrogens with one attached hydrogen (secondary N) is 3. The van der Waals surface area contributed by atoms with Gasteiger partial charge in [0.25, 0.3) is 5.91 Å². The Balaban J connectivity index is 1.00. The van der Waals surface area contributed by atoms with Crippen LogP contribution in [0.2, 0.25) is 0 Å². The zero-order chi connectivity index (χ0) is 32.2. The van der Waals surface area contributed by atoms with Crippen LogP contribution in [0.5, 0.6) is 0 Å². The van der Waals surface area contributed by atoms with Gasteiger partial charge in [0.05, 0.1) is 5.56 Å².